The number of hydrogen-bond acceptors (Lipinski definition) is 7. The van der Waals surface area contributed by atoms with Crippen molar-refractivity contribution < 1.29 is 4.74 Å². The van der Waals surface area contributed by atoms with E-state index in [2.05, 4.69) is 25.4 Å². The lowest BCUT2D eigenvalue weighted by Gasteiger charge is -2.09. The van der Waals surface area contributed by atoms with Crippen LogP contribution in [0.2, 0.25) is 5.02 Å². The van der Waals surface area contributed by atoms with Gasteiger partial charge in [0, 0.05) is 36.8 Å². The second kappa shape index (κ2) is 7.13. The van der Waals surface area contributed by atoms with Crippen LogP contribution in [0.5, 0.6) is 11.8 Å². The van der Waals surface area contributed by atoms with Gasteiger partial charge in [0.2, 0.25) is 11.8 Å². The van der Waals surface area contributed by atoms with Gasteiger partial charge in [0.15, 0.2) is 5.84 Å². The molecule has 0 spiro atoms. The van der Waals surface area contributed by atoms with E-state index in [0.29, 0.717) is 40.1 Å². The van der Waals surface area contributed by atoms with Gasteiger partial charge in [-0.3, -0.25) is 14.7 Å². The molecule has 4 heterocycles. The van der Waals surface area contributed by atoms with Crippen molar-refractivity contribution in [1.29, 1.82) is 5.26 Å². The summed E-state index contributed by atoms with van der Waals surface area (Å²) in [6.07, 6.45) is 3.19. The van der Waals surface area contributed by atoms with Crippen LogP contribution in [0.25, 0.3) is 10.9 Å². The minimum atomic E-state index is 0.329. The number of aliphatic imine (C=N–C) groups is 1. The highest BCUT2D eigenvalue weighted by Crippen LogP contribution is 2.36. The lowest BCUT2D eigenvalue weighted by atomic mass is 10.2. The van der Waals surface area contributed by atoms with Crippen LogP contribution in [-0.2, 0) is 13.6 Å². The summed E-state index contributed by atoms with van der Waals surface area (Å²) >= 11 is 6.59. The number of amidine groups is 1. The smallest absolute Gasteiger partial charge is 0.249 e. The number of aryl methyl sites for hydroxylation is 1. The van der Waals surface area contributed by atoms with Gasteiger partial charge in [-0.05, 0) is 24.3 Å². The molecule has 5 rings (SSSR count). The van der Waals surface area contributed by atoms with Crippen molar-refractivity contribution in [2.75, 3.05) is 5.32 Å². The number of nitriles is 1. The van der Waals surface area contributed by atoms with E-state index in [1.165, 1.54) is 6.20 Å². The summed E-state index contributed by atoms with van der Waals surface area (Å²) in [5, 5.41) is 17.8. The molecule has 0 unspecified atom stereocenters. The lowest BCUT2D eigenvalue weighted by molar-refractivity contribution is 0.441. The zero-order chi connectivity index (χ0) is 20.7. The number of aromatic nitrogens is 4. The van der Waals surface area contributed by atoms with Gasteiger partial charge in [-0.1, -0.05) is 17.7 Å². The monoisotopic (exact) mass is 415 g/mol. The van der Waals surface area contributed by atoms with Gasteiger partial charge in [0.1, 0.15) is 11.8 Å². The molecule has 0 saturated heterocycles. The van der Waals surface area contributed by atoms with Gasteiger partial charge in [0.05, 0.1) is 28.0 Å². The number of ether oxygens (including phenoxy) is 1. The average Bonchev–Trinajstić information content (AvgIpc) is 3.30. The van der Waals surface area contributed by atoms with E-state index < -0.39 is 0 Å². The third-order valence-electron chi connectivity index (χ3n) is 4.73. The van der Waals surface area contributed by atoms with Crippen molar-refractivity contribution in [2.24, 2.45) is 12.0 Å². The number of nitrogens with zero attached hydrogens (tertiary/aromatic N) is 6. The van der Waals surface area contributed by atoms with Crippen LogP contribution in [-0.4, -0.2) is 25.6 Å². The van der Waals surface area contributed by atoms with E-state index in [4.69, 9.17) is 21.6 Å². The molecule has 3 aromatic heterocycles. The minimum Gasteiger partial charge on any atom is -0.418 e. The Bertz CT molecular complexity index is 1350. The fourth-order valence-corrected chi connectivity index (χ4v) is 3.60. The number of anilines is 1. The van der Waals surface area contributed by atoms with Gasteiger partial charge in [-0.15, -0.1) is 5.10 Å². The molecular formula is C21H14ClN7O. The minimum absolute atomic E-state index is 0.329. The molecule has 0 bridgehead atoms. The number of nitrogens with one attached hydrogen (secondary N) is 1. The van der Waals surface area contributed by atoms with Crippen LogP contribution in [0.1, 0.15) is 16.8 Å². The van der Waals surface area contributed by atoms with Crippen LogP contribution in [0, 0.1) is 11.3 Å². The molecule has 30 heavy (non-hydrogen) atoms. The van der Waals surface area contributed by atoms with E-state index in [9.17, 15) is 0 Å². The summed E-state index contributed by atoms with van der Waals surface area (Å²) in [6.45, 7) is 0.600. The Kier molecular flexibility index (Phi) is 4.30. The number of benzene rings is 1. The van der Waals surface area contributed by atoms with Crippen LogP contribution < -0.4 is 10.1 Å². The summed E-state index contributed by atoms with van der Waals surface area (Å²) in [5.74, 6) is 1.38. The van der Waals surface area contributed by atoms with Crippen molar-refractivity contribution in [3.8, 4) is 17.8 Å². The largest absolute Gasteiger partial charge is 0.418 e. The standard InChI is InChI=1S/C21H14ClN7O/c1-29-16-8-14(27-20-19-13(11-26-20)3-2-6-24-19)7-15(22)18(16)21(28-29)30-17-5-4-12(9-23)10-25-17/h2-8,10H,11H2,1H3,(H,26,27). The summed E-state index contributed by atoms with van der Waals surface area (Å²) in [4.78, 5) is 13.1. The Morgan fingerprint density at radius 1 is 1.23 bits per heavy atom. The number of rotatable bonds is 3. The van der Waals surface area contributed by atoms with E-state index in [1.807, 2.05) is 31.3 Å². The van der Waals surface area contributed by atoms with Crippen LogP contribution >= 0.6 is 11.6 Å². The molecule has 1 aliphatic heterocycles. The quantitative estimate of drug-likeness (QED) is 0.541. The first-order chi connectivity index (χ1) is 14.6. The summed E-state index contributed by atoms with van der Waals surface area (Å²) in [5.41, 5.74) is 3.94. The fraction of sp³-hybridized carbons (Fsp3) is 0.0952. The Morgan fingerprint density at radius 3 is 2.93 bits per heavy atom. The predicted octanol–water partition coefficient (Wildman–Crippen LogP) is 4.05. The zero-order valence-electron chi connectivity index (χ0n) is 15.8. The van der Waals surface area contributed by atoms with E-state index in [-0.39, 0.29) is 0 Å². The molecule has 1 aliphatic rings. The first kappa shape index (κ1) is 18.1. The third-order valence-corrected chi connectivity index (χ3v) is 5.02. The summed E-state index contributed by atoms with van der Waals surface area (Å²) in [7, 11) is 1.81. The Hall–Kier alpha value is -3.96. The number of fused-ring (bicyclic) bond motifs is 2. The second-order valence-electron chi connectivity index (χ2n) is 6.68. The highest BCUT2D eigenvalue weighted by Gasteiger charge is 2.20. The SMILES string of the molecule is Cn1nc(Oc2ccc(C#N)cn2)c2c(Cl)cc(NC3=NCc4cccnc43)cc21. The molecule has 1 aromatic carbocycles. The molecule has 0 radical (unpaired) electrons. The van der Waals surface area contributed by atoms with Crippen molar-refractivity contribution in [3.05, 3.63) is 70.6 Å². The van der Waals surface area contributed by atoms with E-state index in [1.54, 1.807) is 29.1 Å². The molecule has 9 heteroatoms. The van der Waals surface area contributed by atoms with Gasteiger partial charge >= 0.3 is 0 Å². The Balaban J connectivity index is 1.48. The normalized spacial score (nSPS) is 12.4. The van der Waals surface area contributed by atoms with Gasteiger partial charge in [0.25, 0.3) is 0 Å². The molecule has 0 fully saturated rings. The maximum Gasteiger partial charge on any atom is 0.249 e. The van der Waals surface area contributed by atoms with Crippen molar-refractivity contribution in [3.63, 3.8) is 0 Å². The molecule has 1 N–H and O–H groups in total. The molecule has 0 saturated carbocycles. The Morgan fingerprint density at radius 2 is 2.13 bits per heavy atom. The van der Waals surface area contributed by atoms with Crippen molar-refractivity contribution >= 4 is 34.0 Å². The summed E-state index contributed by atoms with van der Waals surface area (Å²) < 4.78 is 7.51. The van der Waals surface area contributed by atoms with Crippen molar-refractivity contribution in [1.82, 2.24) is 19.7 Å². The van der Waals surface area contributed by atoms with Crippen LogP contribution in [0.3, 0.4) is 0 Å². The molecule has 0 aliphatic carbocycles. The molecule has 146 valence electrons. The summed E-state index contributed by atoms with van der Waals surface area (Å²) in [6, 6.07) is 12.9. The van der Waals surface area contributed by atoms with E-state index in [0.717, 1.165) is 22.5 Å². The highest BCUT2D eigenvalue weighted by atomic mass is 35.5. The molecule has 4 aromatic rings. The first-order valence-corrected chi connectivity index (χ1v) is 9.46. The zero-order valence-corrected chi connectivity index (χ0v) is 16.6. The average molecular weight is 416 g/mol. The van der Waals surface area contributed by atoms with E-state index >= 15 is 0 Å². The second-order valence-corrected chi connectivity index (χ2v) is 7.09. The number of halogens is 1. The topological polar surface area (TPSA) is 101 Å². The lowest BCUT2D eigenvalue weighted by Crippen LogP contribution is -2.13. The molecule has 0 atom stereocenters. The maximum absolute atomic E-state index is 8.90. The van der Waals surface area contributed by atoms with Crippen molar-refractivity contribution in [2.45, 2.75) is 6.54 Å². The third kappa shape index (κ3) is 3.11. The van der Waals surface area contributed by atoms with Crippen LogP contribution in [0.15, 0.2) is 53.8 Å². The van der Waals surface area contributed by atoms with Gasteiger partial charge in [-0.25, -0.2) is 4.98 Å². The maximum atomic E-state index is 8.90. The Labute approximate surface area is 176 Å². The highest BCUT2D eigenvalue weighted by molar-refractivity contribution is 6.36. The predicted molar refractivity (Wildman–Crippen MR) is 113 cm³/mol. The molecular weight excluding hydrogens is 402 g/mol. The number of pyridine rings is 2. The van der Waals surface area contributed by atoms with Crippen LogP contribution in [0.4, 0.5) is 5.69 Å². The number of hydrogen-bond donors (Lipinski definition) is 1. The molecule has 8 nitrogen and oxygen atoms in total. The molecule has 0 amide bonds. The van der Waals surface area contributed by atoms with Gasteiger partial charge in [-0.2, -0.15) is 5.26 Å². The van der Waals surface area contributed by atoms with Gasteiger partial charge < -0.3 is 10.1 Å². The fourth-order valence-electron chi connectivity index (χ4n) is 3.30. The first-order valence-electron chi connectivity index (χ1n) is 9.08.